The van der Waals surface area contributed by atoms with Crippen LogP contribution in [0.1, 0.15) is 31.9 Å². The van der Waals surface area contributed by atoms with Gasteiger partial charge in [-0.25, -0.2) is 0 Å². The number of carbonyl (C=O) groups excluding carboxylic acids is 2. The van der Waals surface area contributed by atoms with Gasteiger partial charge in [0.15, 0.2) is 6.61 Å². The molecule has 2 aromatic rings. The smallest absolute Gasteiger partial charge is 0.260 e. The van der Waals surface area contributed by atoms with Crippen molar-refractivity contribution in [3.8, 4) is 5.75 Å². The maximum atomic E-state index is 13.2. The van der Waals surface area contributed by atoms with Crippen LogP contribution in [0.15, 0.2) is 48.7 Å². The molecule has 2 amide bonds. The lowest BCUT2D eigenvalue weighted by atomic mass is 10.2. The second-order valence-corrected chi connectivity index (χ2v) is 7.54. The van der Waals surface area contributed by atoms with Crippen LogP contribution in [0.2, 0.25) is 0 Å². The molecule has 0 N–H and O–H groups in total. The maximum Gasteiger partial charge on any atom is 0.260 e. The molecule has 1 aromatic carbocycles. The lowest BCUT2D eigenvalue weighted by Crippen LogP contribution is -2.45. The van der Waals surface area contributed by atoms with Crippen molar-refractivity contribution in [2.24, 2.45) is 7.05 Å². The summed E-state index contributed by atoms with van der Waals surface area (Å²) in [7, 11) is 3.60. The van der Waals surface area contributed by atoms with Gasteiger partial charge >= 0.3 is 0 Å². The average Bonchev–Trinajstić information content (AvgIpc) is 3.19. The third kappa shape index (κ3) is 8.45. The zero-order valence-electron chi connectivity index (χ0n) is 19.0. The second kappa shape index (κ2) is 13.5. The summed E-state index contributed by atoms with van der Waals surface area (Å²) in [5, 5.41) is 0. The quantitative estimate of drug-likeness (QED) is 0.433. The molecule has 0 radical (unpaired) electrons. The molecular formula is C24H35N3O4. The van der Waals surface area contributed by atoms with Crippen molar-refractivity contribution in [2.75, 3.05) is 40.0 Å². The van der Waals surface area contributed by atoms with Gasteiger partial charge in [-0.15, -0.1) is 0 Å². The van der Waals surface area contributed by atoms with Gasteiger partial charge in [0, 0.05) is 45.7 Å². The van der Waals surface area contributed by atoms with E-state index in [1.165, 1.54) is 0 Å². The lowest BCUT2D eigenvalue weighted by Gasteiger charge is -2.28. The first-order valence-corrected chi connectivity index (χ1v) is 10.9. The topological polar surface area (TPSA) is 64.0 Å². The minimum Gasteiger partial charge on any atom is -0.484 e. The fourth-order valence-corrected chi connectivity index (χ4v) is 3.21. The van der Waals surface area contributed by atoms with Crippen LogP contribution in [-0.4, -0.2) is 66.1 Å². The Balaban J connectivity index is 2.03. The Morgan fingerprint density at radius 3 is 2.35 bits per heavy atom. The Morgan fingerprint density at radius 1 is 0.968 bits per heavy atom. The Bertz CT molecular complexity index is 791. The van der Waals surface area contributed by atoms with Gasteiger partial charge in [0.05, 0.1) is 13.1 Å². The van der Waals surface area contributed by atoms with Gasteiger partial charge in [-0.05, 0) is 37.1 Å². The molecule has 0 bridgehead atoms. The van der Waals surface area contributed by atoms with E-state index in [0.717, 1.165) is 18.5 Å². The maximum absolute atomic E-state index is 13.2. The first kappa shape index (κ1) is 24.5. The Labute approximate surface area is 185 Å². The first-order valence-electron chi connectivity index (χ1n) is 10.9. The van der Waals surface area contributed by atoms with Gasteiger partial charge in [-0.1, -0.05) is 31.5 Å². The van der Waals surface area contributed by atoms with Crippen LogP contribution < -0.4 is 4.74 Å². The normalized spacial score (nSPS) is 10.7. The monoisotopic (exact) mass is 429 g/mol. The zero-order chi connectivity index (χ0) is 22.5. The Hall–Kier alpha value is -2.80. The van der Waals surface area contributed by atoms with E-state index in [2.05, 4.69) is 6.92 Å². The van der Waals surface area contributed by atoms with Crippen LogP contribution in [0.5, 0.6) is 5.75 Å². The standard InChI is InChI=1S/C24H35N3O4/c1-4-5-15-26(18-21-11-9-14-25(21)2)23(28)19-27(16-10-17-30-3)24(29)20-31-22-12-7-6-8-13-22/h6-9,11-14H,4-5,10,15-20H2,1-3H3. The largest absolute Gasteiger partial charge is 0.484 e. The van der Waals surface area contributed by atoms with E-state index in [9.17, 15) is 9.59 Å². The number of methoxy groups -OCH3 is 1. The van der Waals surface area contributed by atoms with E-state index in [4.69, 9.17) is 9.47 Å². The van der Waals surface area contributed by atoms with Gasteiger partial charge in [-0.3, -0.25) is 9.59 Å². The number of nitrogens with zero attached hydrogens (tertiary/aromatic N) is 3. The molecule has 31 heavy (non-hydrogen) atoms. The highest BCUT2D eigenvalue weighted by molar-refractivity contribution is 5.85. The summed E-state index contributed by atoms with van der Waals surface area (Å²) in [4.78, 5) is 29.4. The molecule has 0 aliphatic heterocycles. The molecule has 0 saturated heterocycles. The average molecular weight is 430 g/mol. The van der Waals surface area contributed by atoms with Crippen molar-refractivity contribution < 1.29 is 19.1 Å². The third-order valence-corrected chi connectivity index (χ3v) is 5.10. The highest BCUT2D eigenvalue weighted by Crippen LogP contribution is 2.10. The number of aryl methyl sites for hydroxylation is 1. The van der Waals surface area contributed by atoms with Gasteiger partial charge in [0.25, 0.3) is 5.91 Å². The molecule has 0 saturated carbocycles. The molecule has 1 aromatic heterocycles. The van der Waals surface area contributed by atoms with Gasteiger partial charge in [0.2, 0.25) is 5.91 Å². The zero-order valence-corrected chi connectivity index (χ0v) is 19.0. The van der Waals surface area contributed by atoms with E-state index >= 15 is 0 Å². The summed E-state index contributed by atoms with van der Waals surface area (Å²) in [6.07, 6.45) is 4.55. The molecule has 0 fully saturated rings. The van der Waals surface area contributed by atoms with Crippen molar-refractivity contribution in [1.82, 2.24) is 14.4 Å². The van der Waals surface area contributed by atoms with E-state index < -0.39 is 0 Å². The third-order valence-electron chi connectivity index (χ3n) is 5.10. The summed E-state index contributed by atoms with van der Waals surface area (Å²) >= 11 is 0. The van der Waals surface area contributed by atoms with Crippen LogP contribution >= 0.6 is 0 Å². The van der Waals surface area contributed by atoms with Gasteiger partial charge < -0.3 is 23.8 Å². The number of para-hydroxylation sites is 1. The molecule has 0 unspecified atom stereocenters. The summed E-state index contributed by atoms with van der Waals surface area (Å²) in [5.41, 5.74) is 1.06. The molecule has 2 rings (SSSR count). The molecule has 0 spiro atoms. The molecule has 7 nitrogen and oxygen atoms in total. The van der Waals surface area contributed by atoms with Crippen LogP contribution in [0.4, 0.5) is 0 Å². The van der Waals surface area contributed by atoms with Crippen molar-refractivity contribution in [2.45, 2.75) is 32.7 Å². The number of hydrogen-bond donors (Lipinski definition) is 0. The minimum absolute atomic E-state index is 0.0365. The van der Waals surface area contributed by atoms with Crippen molar-refractivity contribution in [1.29, 1.82) is 0 Å². The van der Waals surface area contributed by atoms with E-state index in [0.29, 0.717) is 38.4 Å². The van der Waals surface area contributed by atoms with Crippen LogP contribution in [0.3, 0.4) is 0 Å². The number of aromatic nitrogens is 1. The van der Waals surface area contributed by atoms with Crippen molar-refractivity contribution in [3.05, 3.63) is 54.4 Å². The van der Waals surface area contributed by atoms with Crippen molar-refractivity contribution >= 4 is 11.8 Å². The summed E-state index contributed by atoms with van der Waals surface area (Å²) in [5.74, 6) is 0.370. The second-order valence-electron chi connectivity index (χ2n) is 7.54. The molecule has 1 heterocycles. The highest BCUT2D eigenvalue weighted by atomic mass is 16.5. The fraction of sp³-hybridized carbons (Fsp3) is 0.500. The lowest BCUT2D eigenvalue weighted by molar-refractivity contribution is -0.142. The predicted molar refractivity (Wildman–Crippen MR) is 121 cm³/mol. The van der Waals surface area contributed by atoms with Gasteiger partial charge in [-0.2, -0.15) is 0 Å². The molecule has 0 aliphatic rings. The Kier molecular flexibility index (Phi) is 10.6. The van der Waals surface area contributed by atoms with Crippen LogP contribution in [0.25, 0.3) is 0 Å². The number of carbonyl (C=O) groups is 2. The van der Waals surface area contributed by atoms with Crippen LogP contribution in [0, 0.1) is 0 Å². The first-order chi connectivity index (χ1) is 15.0. The molecule has 0 aliphatic carbocycles. The summed E-state index contributed by atoms with van der Waals surface area (Å²) in [6, 6.07) is 13.2. The summed E-state index contributed by atoms with van der Waals surface area (Å²) < 4.78 is 12.8. The molecule has 0 atom stereocenters. The van der Waals surface area contributed by atoms with Crippen molar-refractivity contribution in [3.63, 3.8) is 0 Å². The van der Waals surface area contributed by atoms with Gasteiger partial charge in [0.1, 0.15) is 5.75 Å². The molecule has 170 valence electrons. The summed E-state index contributed by atoms with van der Waals surface area (Å²) in [6.45, 7) is 4.21. The van der Waals surface area contributed by atoms with E-state index in [1.54, 1.807) is 24.1 Å². The number of unbranched alkanes of at least 4 members (excludes halogenated alkanes) is 1. The number of benzene rings is 1. The van der Waals surface area contributed by atoms with E-state index in [1.807, 2.05) is 53.0 Å². The van der Waals surface area contributed by atoms with Crippen LogP contribution in [-0.2, 0) is 27.9 Å². The predicted octanol–water partition coefficient (Wildman–Crippen LogP) is 3.10. The highest BCUT2D eigenvalue weighted by Gasteiger charge is 2.22. The number of rotatable bonds is 14. The minimum atomic E-state index is -0.206. The molecular weight excluding hydrogens is 394 g/mol. The number of ether oxygens (including phenoxy) is 2. The number of hydrogen-bond acceptors (Lipinski definition) is 4. The Morgan fingerprint density at radius 2 is 1.71 bits per heavy atom. The van der Waals surface area contributed by atoms with E-state index in [-0.39, 0.29) is 25.0 Å². The molecule has 7 heteroatoms. The SMILES string of the molecule is CCCCN(Cc1cccn1C)C(=O)CN(CCCOC)C(=O)COc1ccccc1. The number of amides is 2. The fourth-order valence-electron chi connectivity index (χ4n) is 3.21.